The van der Waals surface area contributed by atoms with Gasteiger partial charge in [-0.25, -0.2) is 0 Å². The highest BCUT2D eigenvalue weighted by Gasteiger charge is 2.29. The SMILES string of the molecule is CN1CCC(C(NC(c2ccc(Cl)cc2)c2ccccn2)=C2CC2)CC1. The molecule has 136 valence electrons. The summed E-state index contributed by atoms with van der Waals surface area (Å²) in [7, 11) is 2.22. The standard InChI is InChI=1S/C22H26ClN3/c1-26-14-11-18(12-15-26)21(16-5-6-16)25-22(20-4-2-3-13-24-20)17-7-9-19(23)10-8-17/h2-4,7-10,13,18,22,25H,5-6,11-12,14-15H2,1H3. The van der Waals surface area contributed by atoms with Crippen molar-refractivity contribution >= 4 is 11.6 Å². The maximum Gasteiger partial charge on any atom is 0.0937 e. The summed E-state index contributed by atoms with van der Waals surface area (Å²) < 4.78 is 0. The van der Waals surface area contributed by atoms with Crippen LogP contribution in [0.5, 0.6) is 0 Å². The van der Waals surface area contributed by atoms with E-state index < -0.39 is 0 Å². The molecule has 0 radical (unpaired) electrons. The first-order valence-electron chi connectivity index (χ1n) is 9.54. The van der Waals surface area contributed by atoms with Crippen molar-refractivity contribution in [2.75, 3.05) is 20.1 Å². The number of pyridine rings is 1. The fourth-order valence-electron chi connectivity index (χ4n) is 3.82. The number of allylic oxidation sites excluding steroid dienone is 2. The molecule has 2 fully saturated rings. The Balaban J connectivity index is 1.63. The predicted octanol–water partition coefficient (Wildman–Crippen LogP) is 4.80. The Hall–Kier alpha value is -1.84. The Morgan fingerprint density at radius 3 is 2.46 bits per heavy atom. The molecule has 2 aromatic rings. The van der Waals surface area contributed by atoms with Crippen LogP contribution in [0.1, 0.15) is 43.0 Å². The molecule has 1 aromatic carbocycles. The molecule has 4 rings (SSSR count). The van der Waals surface area contributed by atoms with Crippen molar-refractivity contribution in [3.8, 4) is 0 Å². The molecule has 4 heteroatoms. The largest absolute Gasteiger partial charge is 0.376 e. The normalized spacial score (nSPS) is 19.2. The molecule has 2 heterocycles. The number of likely N-dealkylation sites (tertiary alicyclic amines) is 1. The molecule has 1 aromatic heterocycles. The topological polar surface area (TPSA) is 28.2 Å². The van der Waals surface area contributed by atoms with Gasteiger partial charge in [0.2, 0.25) is 0 Å². The van der Waals surface area contributed by atoms with Crippen LogP contribution in [0, 0.1) is 5.92 Å². The summed E-state index contributed by atoms with van der Waals surface area (Å²) in [5, 5.41) is 4.68. The number of piperidine rings is 1. The van der Waals surface area contributed by atoms with Gasteiger partial charge in [0.25, 0.3) is 0 Å². The Bertz CT molecular complexity index is 756. The van der Waals surface area contributed by atoms with E-state index in [-0.39, 0.29) is 6.04 Å². The van der Waals surface area contributed by atoms with E-state index in [4.69, 9.17) is 11.6 Å². The second-order valence-corrected chi connectivity index (χ2v) is 7.91. The zero-order chi connectivity index (χ0) is 17.9. The first-order valence-corrected chi connectivity index (χ1v) is 9.92. The van der Waals surface area contributed by atoms with Crippen LogP contribution in [0.3, 0.4) is 0 Å². The van der Waals surface area contributed by atoms with Crippen molar-refractivity contribution in [1.82, 2.24) is 15.2 Å². The third kappa shape index (κ3) is 4.11. The number of benzene rings is 1. The van der Waals surface area contributed by atoms with E-state index in [1.54, 1.807) is 5.57 Å². The average Bonchev–Trinajstić information content (AvgIpc) is 3.51. The van der Waals surface area contributed by atoms with Crippen molar-refractivity contribution in [3.05, 3.63) is 76.2 Å². The van der Waals surface area contributed by atoms with Gasteiger partial charge >= 0.3 is 0 Å². The molecule has 3 nitrogen and oxygen atoms in total. The molecular weight excluding hydrogens is 342 g/mol. The molecule has 1 unspecified atom stereocenters. The lowest BCUT2D eigenvalue weighted by Gasteiger charge is -2.33. The molecule has 0 bridgehead atoms. The molecule has 26 heavy (non-hydrogen) atoms. The Kier molecular flexibility index (Phi) is 5.28. The van der Waals surface area contributed by atoms with E-state index in [1.807, 2.05) is 24.4 Å². The molecule has 1 atom stereocenters. The van der Waals surface area contributed by atoms with E-state index in [0.29, 0.717) is 5.92 Å². The number of nitrogens with one attached hydrogen (secondary N) is 1. The fraction of sp³-hybridized carbons (Fsp3) is 0.409. The van der Waals surface area contributed by atoms with E-state index in [0.717, 1.165) is 10.7 Å². The minimum absolute atomic E-state index is 0.0659. The number of rotatable bonds is 5. The van der Waals surface area contributed by atoms with Gasteiger partial charge < -0.3 is 10.2 Å². The van der Waals surface area contributed by atoms with Crippen LogP contribution in [-0.4, -0.2) is 30.0 Å². The quantitative estimate of drug-likeness (QED) is 0.822. The van der Waals surface area contributed by atoms with E-state index in [2.05, 4.69) is 46.5 Å². The lowest BCUT2D eigenvalue weighted by atomic mass is 9.91. The molecule has 1 N–H and O–H groups in total. The molecular formula is C22H26ClN3. The van der Waals surface area contributed by atoms with Crippen LogP contribution in [-0.2, 0) is 0 Å². The monoisotopic (exact) mass is 367 g/mol. The average molecular weight is 368 g/mol. The predicted molar refractivity (Wildman–Crippen MR) is 107 cm³/mol. The van der Waals surface area contributed by atoms with Gasteiger partial charge in [0, 0.05) is 22.8 Å². The first-order chi connectivity index (χ1) is 12.7. The van der Waals surface area contributed by atoms with E-state index >= 15 is 0 Å². The Morgan fingerprint density at radius 2 is 1.85 bits per heavy atom. The van der Waals surface area contributed by atoms with Gasteiger partial charge in [0.15, 0.2) is 0 Å². The van der Waals surface area contributed by atoms with Crippen LogP contribution in [0.25, 0.3) is 0 Å². The number of aromatic nitrogens is 1. The number of halogens is 1. The van der Waals surface area contributed by atoms with Gasteiger partial charge in [-0.1, -0.05) is 35.4 Å². The van der Waals surface area contributed by atoms with Gasteiger partial charge in [-0.2, -0.15) is 0 Å². The highest BCUT2D eigenvalue weighted by Crippen LogP contribution is 2.38. The summed E-state index contributed by atoms with van der Waals surface area (Å²) in [5.74, 6) is 0.641. The molecule has 1 aliphatic carbocycles. The van der Waals surface area contributed by atoms with Crippen LogP contribution >= 0.6 is 11.6 Å². The fourth-order valence-corrected chi connectivity index (χ4v) is 3.95. The van der Waals surface area contributed by atoms with E-state index in [1.165, 1.54) is 50.0 Å². The smallest absolute Gasteiger partial charge is 0.0937 e. The summed E-state index contributed by atoms with van der Waals surface area (Å²) in [5.41, 5.74) is 5.35. The second-order valence-electron chi connectivity index (χ2n) is 7.48. The molecule has 1 saturated heterocycles. The summed E-state index contributed by atoms with van der Waals surface area (Å²) >= 11 is 6.11. The number of hydrogen-bond acceptors (Lipinski definition) is 3. The second kappa shape index (κ2) is 7.81. The van der Waals surface area contributed by atoms with Gasteiger partial charge in [-0.05, 0) is 75.6 Å². The summed E-state index contributed by atoms with van der Waals surface area (Å²) in [4.78, 5) is 7.07. The first kappa shape index (κ1) is 17.6. The third-order valence-electron chi connectivity index (χ3n) is 5.49. The summed E-state index contributed by atoms with van der Waals surface area (Å²) in [6.07, 6.45) is 6.82. The van der Waals surface area contributed by atoms with Crippen molar-refractivity contribution in [3.63, 3.8) is 0 Å². The Labute approximate surface area is 161 Å². The van der Waals surface area contributed by atoms with Crippen LogP contribution in [0.4, 0.5) is 0 Å². The van der Waals surface area contributed by atoms with Crippen LogP contribution in [0.15, 0.2) is 59.9 Å². The van der Waals surface area contributed by atoms with Crippen molar-refractivity contribution < 1.29 is 0 Å². The van der Waals surface area contributed by atoms with Crippen molar-refractivity contribution in [1.29, 1.82) is 0 Å². The summed E-state index contributed by atoms with van der Waals surface area (Å²) in [6.45, 7) is 2.36. The van der Waals surface area contributed by atoms with Crippen molar-refractivity contribution in [2.45, 2.75) is 31.7 Å². The highest BCUT2D eigenvalue weighted by atomic mass is 35.5. The molecule has 1 aliphatic heterocycles. The summed E-state index contributed by atoms with van der Waals surface area (Å²) in [6, 6.07) is 14.4. The third-order valence-corrected chi connectivity index (χ3v) is 5.75. The van der Waals surface area contributed by atoms with Gasteiger partial charge in [-0.15, -0.1) is 0 Å². The number of nitrogens with zero attached hydrogens (tertiary/aromatic N) is 2. The Morgan fingerprint density at radius 1 is 1.12 bits per heavy atom. The number of hydrogen-bond donors (Lipinski definition) is 1. The minimum Gasteiger partial charge on any atom is -0.376 e. The van der Waals surface area contributed by atoms with E-state index in [9.17, 15) is 0 Å². The van der Waals surface area contributed by atoms with Crippen molar-refractivity contribution in [2.24, 2.45) is 5.92 Å². The minimum atomic E-state index is 0.0659. The lowest BCUT2D eigenvalue weighted by Crippen LogP contribution is -2.35. The zero-order valence-electron chi connectivity index (χ0n) is 15.3. The van der Waals surface area contributed by atoms with Crippen LogP contribution < -0.4 is 5.32 Å². The maximum atomic E-state index is 6.11. The maximum absolute atomic E-state index is 6.11. The lowest BCUT2D eigenvalue weighted by molar-refractivity contribution is 0.232. The molecule has 1 saturated carbocycles. The molecule has 0 spiro atoms. The van der Waals surface area contributed by atoms with Crippen LogP contribution in [0.2, 0.25) is 5.02 Å². The highest BCUT2D eigenvalue weighted by molar-refractivity contribution is 6.30. The van der Waals surface area contributed by atoms with Gasteiger partial charge in [0.1, 0.15) is 0 Å². The van der Waals surface area contributed by atoms with Gasteiger partial charge in [0.05, 0.1) is 11.7 Å². The molecule has 2 aliphatic rings. The molecule has 0 amide bonds. The zero-order valence-corrected chi connectivity index (χ0v) is 16.0. The van der Waals surface area contributed by atoms with Gasteiger partial charge in [-0.3, -0.25) is 4.98 Å².